The van der Waals surface area contributed by atoms with Crippen molar-refractivity contribution < 1.29 is 9.18 Å². The number of hydrogen-bond donors (Lipinski definition) is 1. The monoisotopic (exact) mass is 236 g/mol. The fourth-order valence-corrected chi connectivity index (χ4v) is 2.22. The normalized spacial score (nSPS) is 17.5. The number of halogens is 1. The lowest BCUT2D eigenvalue weighted by Crippen LogP contribution is -2.35. The Labute approximate surface area is 101 Å². The van der Waals surface area contributed by atoms with E-state index >= 15 is 0 Å². The van der Waals surface area contributed by atoms with E-state index < -0.39 is 0 Å². The number of rotatable bonds is 4. The first kappa shape index (κ1) is 12.0. The van der Waals surface area contributed by atoms with Crippen molar-refractivity contribution in [2.75, 3.05) is 20.1 Å². The molecule has 2 rings (SSSR count). The summed E-state index contributed by atoms with van der Waals surface area (Å²) in [5.74, 6) is -0.0555. The van der Waals surface area contributed by atoms with Crippen LogP contribution in [0.15, 0.2) is 24.3 Å². The molecule has 0 aliphatic carbocycles. The van der Waals surface area contributed by atoms with Crippen molar-refractivity contribution in [2.24, 2.45) is 0 Å². The summed E-state index contributed by atoms with van der Waals surface area (Å²) in [7, 11) is 1.79. The molecule has 1 saturated heterocycles. The van der Waals surface area contributed by atoms with Crippen molar-refractivity contribution in [1.82, 2.24) is 10.2 Å². The van der Waals surface area contributed by atoms with Crippen LogP contribution in [0, 0.1) is 5.82 Å². The van der Waals surface area contributed by atoms with Crippen LogP contribution in [0.2, 0.25) is 0 Å². The Morgan fingerprint density at radius 2 is 2.24 bits per heavy atom. The SMILES string of the molecule is CNC(CN1CCCC1=O)c1ccccc1F. The molecule has 0 radical (unpaired) electrons. The fraction of sp³-hybridized carbons (Fsp3) is 0.462. The van der Waals surface area contributed by atoms with E-state index in [1.54, 1.807) is 24.1 Å². The van der Waals surface area contributed by atoms with Gasteiger partial charge in [-0.05, 0) is 19.5 Å². The highest BCUT2D eigenvalue weighted by molar-refractivity contribution is 5.78. The number of nitrogens with zero attached hydrogens (tertiary/aromatic N) is 1. The summed E-state index contributed by atoms with van der Waals surface area (Å²) in [6, 6.07) is 6.56. The lowest BCUT2D eigenvalue weighted by molar-refractivity contribution is -0.128. The standard InChI is InChI=1S/C13H17FN2O/c1-15-12(9-16-8-4-7-13(16)17)10-5-2-3-6-11(10)14/h2-3,5-6,12,15H,4,7-9H2,1H3. The highest BCUT2D eigenvalue weighted by Gasteiger charge is 2.24. The van der Waals surface area contributed by atoms with Crippen LogP contribution in [0.1, 0.15) is 24.4 Å². The van der Waals surface area contributed by atoms with Gasteiger partial charge in [-0.15, -0.1) is 0 Å². The minimum absolute atomic E-state index is 0.141. The molecule has 1 aromatic rings. The molecule has 0 saturated carbocycles. The Morgan fingerprint density at radius 1 is 1.47 bits per heavy atom. The van der Waals surface area contributed by atoms with E-state index in [-0.39, 0.29) is 17.8 Å². The van der Waals surface area contributed by atoms with Crippen molar-refractivity contribution in [3.63, 3.8) is 0 Å². The van der Waals surface area contributed by atoms with Gasteiger partial charge in [-0.3, -0.25) is 4.79 Å². The van der Waals surface area contributed by atoms with Crippen molar-refractivity contribution in [3.8, 4) is 0 Å². The summed E-state index contributed by atoms with van der Waals surface area (Å²) in [6.45, 7) is 1.32. The summed E-state index contributed by atoms with van der Waals surface area (Å²) in [6.07, 6.45) is 1.53. The van der Waals surface area contributed by atoms with Crippen molar-refractivity contribution >= 4 is 5.91 Å². The van der Waals surface area contributed by atoms with Gasteiger partial charge in [-0.1, -0.05) is 18.2 Å². The quantitative estimate of drug-likeness (QED) is 0.863. The zero-order chi connectivity index (χ0) is 12.3. The van der Waals surface area contributed by atoms with E-state index in [4.69, 9.17) is 0 Å². The van der Waals surface area contributed by atoms with Gasteiger partial charge in [0.05, 0.1) is 6.04 Å². The molecule has 4 heteroatoms. The predicted octanol–water partition coefficient (Wildman–Crippen LogP) is 1.71. The lowest BCUT2D eigenvalue weighted by atomic mass is 10.1. The average molecular weight is 236 g/mol. The summed E-state index contributed by atoms with van der Waals surface area (Å²) >= 11 is 0. The largest absolute Gasteiger partial charge is 0.341 e. The molecule has 0 bridgehead atoms. The second kappa shape index (κ2) is 5.27. The molecule has 1 heterocycles. The van der Waals surface area contributed by atoms with Gasteiger partial charge in [0.25, 0.3) is 0 Å². The topological polar surface area (TPSA) is 32.3 Å². The highest BCUT2D eigenvalue weighted by Crippen LogP contribution is 2.20. The molecule has 1 unspecified atom stereocenters. The Balaban J connectivity index is 2.11. The first-order valence-corrected chi connectivity index (χ1v) is 5.92. The van der Waals surface area contributed by atoms with Crippen LogP contribution < -0.4 is 5.32 Å². The van der Waals surface area contributed by atoms with E-state index in [2.05, 4.69) is 5.32 Å². The first-order chi connectivity index (χ1) is 8.22. The molecule has 1 atom stereocenters. The van der Waals surface area contributed by atoms with Gasteiger partial charge >= 0.3 is 0 Å². The number of benzene rings is 1. The van der Waals surface area contributed by atoms with Crippen molar-refractivity contribution in [1.29, 1.82) is 0 Å². The second-order valence-corrected chi connectivity index (χ2v) is 4.31. The zero-order valence-corrected chi connectivity index (χ0v) is 9.95. The molecule has 1 aliphatic heterocycles. The number of nitrogens with one attached hydrogen (secondary N) is 1. The number of likely N-dealkylation sites (tertiary alicyclic amines) is 1. The predicted molar refractivity (Wildman–Crippen MR) is 64.0 cm³/mol. The van der Waals surface area contributed by atoms with Gasteiger partial charge in [0.2, 0.25) is 5.91 Å². The molecule has 1 aromatic carbocycles. The third-order valence-corrected chi connectivity index (χ3v) is 3.20. The van der Waals surface area contributed by atoms with Crippen LogP contribution in [0.4, 0.5) is 4.39 Å². The lowest BCUT2D eigenvalue weighted by Gasteiger charge is -2.24. The molecule has 3 nitrogen and oxygen atoms in total. The Bertz CT molecular complexity index is 408. The van der Waals surface area contributed by atoms with E-state index in [1.165, 1.54) is 6.07 Å². The smallest absolute Gasteiger partial charge is 0.222 e. The van der Waals surface area contributed by atoms with E-state index in [9.17, 15) is 9.18 Å². The Morgan fingerprint density at radius 3 is 2.82 bits per heavy atom. The molecule has 1 amide bonds. The van der Waals surface area contributed by atoms with Gasteiger partial charge in [0, 0.05) is 25.1 Å². The zero-order valence-electron chi connectivity index (χ0n) is 9.95. The molecule has 1 aliphatic rings. The summed E-state index contributed by atoms with van der Waals surface area (Å²) in [4.78, 5) is 13.3. The number of amides is 1. The minimum Gasteiger partial charge on any atom is -0.341 e. The summed E-state index contributed by atoms with van der Waals surface area (Å²) < 4.78 is 13.7. The van der Waals surface area contributed by atoms with Crippen molar-refractivity contribution in [2.45, 2.75) is 18.9 Å². The molecule has 92 valence electrons. The maximum absolute atomic E-state index is 13.7. The summed E-state index contributed by atoms with van der Waals surface area (Å²) in [5, 5.41) is 3.07. The number of likely N-dealkylation sites (N-methyl/N-ethyl adjacent to an activating group) is 1. The molecular weight excluding hydrogens is 219 g/mol. The Hall–Kier alpha value is -1.42. The van der Waals surface area contributed by atoms with E-state index in [0.717, 1.165) is 13.0 Å². The van der Waals surface area contributed by atoms with Crippen LogP contribution in [0.25, 0.3) is 0 Å². The third kappa shape index (κ3) is 2.64. The second-order valence-electron chi connectivity index (χ2n) is 4.31. The molecule has 1 fully saturated rings. The van der Waals surface area contributed by atoms with Gasteiger partial charge in [0.15, 0.2) is 0 Å². The first-order valence-electron chi connectivity index (χ1n) is 5.92. The van der Waals surface area contributed by atoms with E-state index in [0.29, 0.717) is 18.5 Å². The van der Waals surface area contributed by atoms with Gasteiger partial charge in [-0.2, -0.15) is 0 Å². The van der Waals surface area contributed by atoms with Crippen LogP contribution in [-0.2, 0) is 4.79 Å². The molecule has 0 spiro atoms. The molecule has 0 aromatic heterocycles. The number of carbonyl (C=O) groups excluding carboxylic acids is 1. The maximum Gasteiger partial charge on any atom is 0.222 e. The third-order valence-electron chi connectivity index (χ3n) is 3.20. The molecule has 17 heavy (non-hydrogen) atoms. The highest BCUT2D eigenvalue weighted by atomic mass is 19.1. The average Bonchev–Trinajstić information content (AvgIpc) is 2.73. The van der Waals surface area contributed by atoms with Gasteiger partial charge < -0.3 is 10.2 Å². The summed E-state index contributed by atoms with van der Waals surface area (Å²) in [5.41, 5.74) is 0.620. The fourth-order valence-electron chi connectivity index (χ4n) is 2.22. The van der Waals surface area contributed by atoms with Crippen LogP contribution in [0.5, 0.6) is 0 Å². The van der Waals surface area contributed by atoms with Gasteiger partial charge in [-0.25, -0.2) is 4.39 Å². The van der Waals surface area contributed by atoms with Gasteiger partial charge in [0.1, 0.15) is 5.82 Å². The number of carbonyl (C=O) groups is 1. The Kier molecular flexibility index (Phi) is 3.74. The number of hydrogen-bond acceptors (Lipinski definition) is 2. The van der Waals surface area contributed by atoms with E-state index in [1.807, 2.05) is 6.07 Å². The van der Waals surface area contributed by atoms with Crippen molar-refractivity contribution in [3.05, 3.63) is 35.6 Å². The molecule has 1 N–H and O–H groups in total. The molecular formula is C13H17FN2O. The van der Waals surface area contributed by atoms with Crippen LogP contribution in [0.3, 0.4) is 0 Å². The maximum atomic E-state index is 13.7. The minimum atomic E-state index is -0.224. The van der Waals surface area contributed by atoms with Crippen LogP contribution in [-0.4, -0.2) is 30.9 Å². The van der Waals surface area contributed by atoms with Crippen LogP contribution >= 0.6 is 0 Å².